The number of carboxylic acid groups (broad SMARTS) is 1. The summed E-state index contributed by atoms with van der Waals surface area (Å²) in [7, 11) is 0. The number of phenolic OH excluding ortho intramolecular Hbond substituents is 1. The number of hydrogen-bond acceptors (Lipinski definition) is 4. The van der Waals surface area contributed by atoms with Crippen molar-refractivity contribution in [2.75, 3.05) is 5.32 Å². The molecule has 2 aliphatic rings. The summed E-state index contributed by atoms with van der Waals surface area (Å²) in [5, 5.41) is 24.5. The van der Waals surface area contributed by atoms with Gasteiger partial charge >= 0.3 is 5.97 Å². The summed E-state index contributed by atoms with van der Waals surface area (Å²) in [6.07, 6.45) is 2.90. The van der Waals surface area contributed by atoms with E-state index in [0.29, 0.717) is 6.04 Å². The van der Waals surface area contributed by atoms with Crippen LogP contribution in [-0.2, 0) is 4.79 Å². The number of anilines is 1. The summed E-state index contributed by atoms with van der Waals surface area (Å²) in [5.74, 6) is -1.58. The van der Waals surface area contributed by atoms with E-state index in [1.807, 2.05) is 0 Å². The molecule has 0 spiro atoms. The van der Waals surface area contributed by atoms with Crippen LogP contribution in [0.15, 0.2) is 18.2 Å². The molecule has 3 atom stereocenters. The van der Waals surface area contributed by atoms with Gasteiger partial charge in [-0.2, -0.15) is 0 Å². The topological polar surface area (TPSA) is 98.7 Å². The molecule has 1 amide bonds. The van der Waals surface area contributed by atoms with Crippen molar-refractivity contribution >= 4 is 17.6 Å². The maximum absolute atomic E-state index is 12.3. The number of amides is 1. The minimum Gasteiger partial charge on any atom is -0.508 e. The fourth-order valence-corrected chi connectivity index (χ4v) is 3.16. The molecule has 106 valence electrons. The molecular weight excluding hydrogens is 260 g/mol. The Bertz CT molecular complexity index is 572. The van der Waals surface area contributed by atoms with Crippen molar-refractivity contribution in [3.8, 4) is 5.75 Å². The molecule has 2 heterocycles. The molecule has 4 N–H and O–H groups in total. The number of carbonyl (C=O) groups is 2. The van der Waals surface area contributed by atoms with Crippen LogP contribution in [0.1, 0.15) is 29.6 Å². The molecule has 0 radical (unpaired) electrons. The first-order valence-corrected chi connectivity index (χ1v) is 6.68. The lowest BCUT2D eigenvalue weighted by atomic mass is 9.88. The van der Waals surface area contributed by atoms with E-state index in [9.17, 15) is 14.7 Å². The molecule has 0 aromatic heterocycles. The minimum atomic E-state index is -1.18. The second-order valence-corrected chi connectivity index (χ2v) is 5.41. The molecule has 6 heteroatoms. The van der Waals surface area contributed by atoms with Gasteiger partial charge < -0.3 is 20.8 Å². The fraction of sp³-hybridized carbons (Fsp3) is 0.429. The van der Waals surface area contributed by atoms with E-state index >= 15 is 0 Å². The number of benzene rings is 1. The van der Waals surface area contributed by atoms with Crippen LogP contribution in [0, 0.1) is 5.92 Å². The lowest BCUT2D eigenvalue weighted by Gasteiger charge is -2.20. The molecule has 6 nitrogen and oxygen atoms in total. The lowest BCUT2D eigenvalue weighted by molar-refractivity contribution is -0.120. The van der Waals surface area contributed by atoms with Gasteiger partial charge in [0.2, 0.25) is 5.91 Å². The number of rotatable bonds is 3. The molecular formula is C14H16N2O4. The highest BCUT2D eigenvalue weighted by Crippen LogP contribution is 2.34. The van der Waals surface area contributed by atoms with Crippen molar-refractivity contribution < 1.29 is 19.8 Å². The first-order valence-electron chi connectivity index (χ1n) is 6.68. The van der Waals surface area contributed by atoms with Crippen LogP contribution in [0.5, 0.6) is 5.75 Å². The van der Waals surface area contributed by atoms with Gasteiger partial charge in [-0.15, -0.1) is 0 Å². The summed E-state index contributed by atoms with van der Waals surface area (Å²) in [4.78, 5) is 23.4. The Morgan fingerprint density at radius 1 is 1.30 bits per heavy atom. The number of fused-ring (bicyclic) bond motifs is 2. The van der Waals surface area contributed by atoms with E-state index in [2.05, 4.69) is 10.6 Å². The van der Waals surface area contributed by atoms with Crippen LogP contribution in [0.25, 0.3) is 0 Å². The molecule has 3 unspecified atom stereocenters. The van der Waals surface area contributed by atoms with Crippen molar-refractivity contribution in [3.63, 3.8) is 0 Å². The molecule has 2 aliphatic heterocycles. The normalized spacial score (nSPS) is 27.5. The predicted octanol–water partition coefficient (Wildman–Crippen LogP) is 1.17. The molecule has 2 bridgehead atoms. The number of hydrogen-bond donors (Lipinski definition) is 4. The molecule has 3 rings (SSSR count). The number of phenols is 1. The van der Waals surface area contributed by atoms with Gasteiger partial charge in [-0.25, -0.2) is 4.79 Å². The Morgan fingerprint density at radius 3 is 2.70 bits per heavy atom. The number of carbonyl (C=O) groups excluding carboxylic acids is 1. The second kappa shape index (κ2) is 4.79. The maximum atomic E-state index is 12.3. The standard InChI is InChI=1S/C14H16N2O4/c17-8-2-4-12(10(6-8)14(19)20)16-13(18)9-5-7-1-3-11(9)15-7/h2,4,6-7,9,11,15,17H,1,3,5H2,(H,16,18)(H,19,20). The average Bonchev–Trinajstić information content (AvgIpc) is 3.03. The molecule has 20 heavy (non-hydrogen) atoms. The summed E-state index contributed by atoms with van der Waals surface area (Å²) in [6.45, 7) is 0. The van der Waals surface area contributed by atoms with Crippen LogP contribution in [0.3, 0.4) is 0 Å². The predicted molar refractivity (Wildman–Crippen MR) is 71.7 cm³/mol. The molecule has 2 fully saturated rings. The third kappa shape index (κ3) is 2.22. The molecule has 1 aromatic rings. The minimum absolute atomic E-state index is 0.102. The average molecular weight is 276 g/mol. The van der Waals surface area contributed by atoms with Crippen molar-refractivity contribution in [1.29, 1.82) is 0 Å². The van der Waals surface area contributed by atoms with Gasteiger partial charge in [0.1, 0.15) is 5.75 Å². The molecule has 2 saturated heterocycles. The zero-order valence-corrected chi connectivity index (χ0v) is 10.8. The number of aromatic carboxylic acids is 1. The SMILES string of the molecule is O=C(O)c1cc(O)ccc1NC(=O)C1CC2CCC1N2. The van der Waals surface area contributed by atoms with E-state index in [-0.39, 0.29) is 34.9 Å². The van der Waals surface area contributed by atoms with Gasteiger partial charge in [0.25, 0.3) is 0 Å². The first-order chi connectivity index (χ1) is 9.54. The number of nitrogens with one attached hydrogen (secondary N) is 2. The monoisotopic (exact) mass is 276 g/mol. The van der Waals surface area contributed by atoms with E-state index in [1.54, 1.807) is 0 Å². The lowest BCUT2D eigenvalue weighted by Crippen LogP contribution is -2.33. The van der Waals surface area contributed by atoms with E-state index in [1.165, 1.54) is 12.1 Å². The van der Waals surface area contributed by atoms with Gasteiger partial charge in [0.15, 0.2) is 0 Å². The third-order valence-corrected chi connectivity index (χ3v) is 4.13. The Labute approximate surface area is 115 Å². The van der Waals surface area contributed by atoms with Crippen LogP contribution >= 0.6 is 0 Å². The van der Waals surface area contributed by atoms with Crippen molar-refractivity contribution in [3.05, 3.63) is 23.8 Å². The zero-order chi connectivity index (χ0) is 14.3. The molecule has 0 aliphatic carbocycles. The summed E-state index contributed by atoms with van der Waals surface area (Å²) >= 11 is 0. The highest BCUT2D eigenvalue weighted by atomic mass is 16.4. The first kappa shape index (κ1) is 12.9. The van der Waals surface area contributed by atoms with Crippen LogP contribution in [0.4, 0.5) is 5.69 Å². The largest absolute Gasteiger partial charge is 0.508 e. The highest BCUT2D eigenvalue weighted by Gasteiger charge is 2.42. The number of carboxylic acids is 1. The Kier molecular flexibility index (Phi) is 3.10. The summed E-state index contributed by atoms with van der Waals surface area (Å²) in [6, 6.07) is 4.52. The third-order valence-electron chi connectivity index (χ3n) is 4.13. The van der Waals surface area contributed by atoms with Crippen molar-refractivity contribution in [2.24, 2.45) is 5.92 Å². The second-order valence-electron chi connectivity index (χ2n) is 5.41. The van der Waals surface area contributed by atoms with Crippen molar-refractivity contribution in [1.82, 2.24) is 5.32 Å². The van der Waals surface area contributed by atoms with Gasteiger partial charge in [0.05, 0.1) is 17.2 Å². The van der Waals surface area contributed by atoms with Gasteiger partial charge in [-0.3, -0.25) is 4.79 Å². The van der Waals surface area contributed by atoms with E-state index < -0.39 is 5.97 Å². The highest BCUT2D eigenvalue weighted by molar-refractivity contribution is 6.01. The molecule has 0 saturated carbocycles. The van der Waals surface area contributed by atoms with Gasteiger partial charge in [-0.05, 0) is 37.5 Å². The Hall–Kier alpha value is -2.08. The zero-order valence-electron chi connectivity index (χ0n) is 10.8. The van der Waals surface area contributed by atoms with Gasteiger partial charge in [0, 0.05) is 12.1 Å². The van der Waals surface area contributed by atoms with E-state index in [4.69, 9.17) is 5.11 Å². The summed E-state index contributed by atoms with van der Waals surface area (Å²) < 4.78 is 0. The van der Waals surface area contributed by atoms with E-state index in [0.717, 1.165) is 25.3 Å². The smallest absolute Gasteiger partial charge is 0.337 e. The van der Waals surface area contributed by atoms with Crippen molar-refractivity contribution in [2.45, 2.75) is 31.3 Å². The Morgan fingerprint density at radius 2 is 2.10 bits per heavy atom. The summed E-state index contributed by atoms with van der Waals surface area (Å²) in [5.41, 5.74) is 0.123. The maximum Gasteiger partial charge on any atom is 0.337 e. The van der Waals surface area contributed by atoms with Crippen LogP contribution < -0.4 is 10.6 Å². The quantitative estimate of drug-likeness (QED) is 0.621. The van der Waals surface area contributed by atoms with Crippen LogP contribution in [-0.4, -0.2) is 34.2 Å². The number of aromatic hydroxyl groups is 1. The molecule has 1 aromatic carbocycles. The Balaban J connectivity index is 1.78. The van der Waals surface area contributed by atoms with Gasteiger partial charge in [-0.1, -0.05) is 0 Å². The fourth-order valence-electron chi connectivity index (χ4n) is 3.16. The van der Waals surface area contributed by atoms with Crippen LogP contribution in [0.2, 0.25) is 0 Å².